The highest BCUT2D eigenvalue weighted by atomic mass is 19.1. The number of carbonyl (C=O) groups excluding carboxylic acids is 1. The van der Waals surface area contributed by atoms with E-state index >= 15 is 0 Å². The molecule has 0 atom stereocenters. The van der Waals surface area contributed by atoms with Gasteiger partial charge in [0.05, 0.1) is 6.54 Å². The summed E-state index contributed by atoms with van der Waals surface area (Å²) in [4.78, 5) is 24.2. The maximum absolute atomic E-state index is 13.0. The van der Waals surface area contributed by atoms with E-state index in [9.17, 15) is 14.0 Å². The van der Waals surface area contributed by atoms with Crippen LogP contribution in [0.1, 0.15) is 25.7 Å². The van der Waals surface area contributed by atoms with Gasteiger partial charge in [-0.1, -0.05) is 12.8 Å². The topological polar surface area (TPSA) is 68.9 Å². The van der Waals surface area contributed by atoms with Crippen molar-refractivity contribution in [1.82, 2.24) is 19.7 Å². The van der Waals surface area contributed by atoms with Gasteiger partial charge in [0.2, 0.25) is 5.91 Å². The maximum atomic E-state index is 13.0. The van der Waals surface area contributed by atoms with E-state index in [1.807, 2.05) is 0 Å². The number of hydrogen-bond acceptors (Lipinski definition) is 3. The van der Waals surface area contributed by atoms with Gasteiger partial charge in [-0.05, 0) is 37.1 Å². The number of aromatic nitrogens is 3. The Hall–Kier alpha value is -2.44. The Balaban J connectivity index is 1.66. The summed E-state index contributed by atoms with van der Waals surface area (Å²) in [6.45, 7) is 0.682. The summed E-state index contributed by atoms with van der Waals surface area (Å²) in [5, 5.41) is 7.18. The minimum absolute atomic E-state index is 0.0650. The van der Waals surface area contributed by atoms with Gasteiger partial charge in [0.1, 0.15) is 5.82 Å². The summed E-state index contributed by atoms with van der Waals surface area (Å²) in [7, 11) is 1.63. The van der Waals surface area contributed by atoms with Gasteiger partial charge in [-0.25, -0.2) is 13.9 Å². The molecule has 1 heterocycles. The third-order valence-corrected chi connectivity index (χ3v) is 4.49. The summed E-state index contributed by atoms with van der Waals surface area (Å²) in [6, 6.07) is 5.84. The molecule has 1 fully saturated rings. The third-order valence-electron chi connectivity index (χ3n) is 4.49. The fraction of sp³-hybridized carbons (Fsp3) is 0.471. The molecule has 0 bridgehead atoms. The molecule has 0 saturated heterocycles. The summed E-state index contributed by atoms with van der Waals surface area (Å²) >= 11 is 0. The first-order valence-corrected chi connectivity index (χ1v) is 8.24. The van der Waals surface area contributed by atoms with Crippen LogP contribution in [0.5, 0.6) is 0 Å². The van der Waals surface area contributed by atoms with Crippen molar-refractivity contribution >= 4 is 5.91 Å². The average molecular weight is 332 g/mol. The van der Waals surface area contributed by atoms with Crippen LogP contribution < -0.4 is 11.0 Å². The minimum atomic E-state index is -0.335. The molecule has 0 aliphatic heterocycles. The first-order valence-electron chi connectivity index (χ1n) is 8.24. The number of carbonyl (C=O) groups is 1. The molecule has 2 aromatic rings. The summed E-state index contributed by atoms with van der Waals surface area (Å²) in [6.07, 6.45) is 4.12. The Morgan fingerprint density at radius 2 is 1.96 bits per heavy atom. The number of halogens is 1. The zero-order chi connectivity index (χ0) is 17.1. The van der Waals surface area contributed by atoms with E-state index in [-0.39, 0.29) is 23.3 Å². The van der Waals surface area contributed by atoms with Gasteiger partial charge in [0.15, 0.2) is 5.82 Å². The van der Waals surface area contributed by atoms with Crippen LogP contribution in [-0.2, 0) is 18.4 Å². The van der Waals surface area contributed by atoms with E-state index in [0.717, 1.165) is 25.7 Å². The molecule has 1 aliphatic rings. The van der Waals surface area contributed by atoms with Crippen LogP contribution in [0.3, 0.4) is 0 Å². The van der Waals surface area contributed by atoms with E-state index < -0.39 is 0 Å². The summed E-state index contributed by atoms with van der Waals surface area (Å²) in [5.41, 5.74) is 0.411. The van der Waals surface area contributed by atoms with Crippen LogP contribution in [0.25, 0.3) is 11.4 Å². The van der Waals surface area contributed by atoms with Gasteiger partial charge in [-0.15, -0.1) is 5.10 Å². The highest BCUT2D eigenvalue weighted by molar-refractivity contribution is 5.78. The number of nitrogens with zero attached hydrogens (tertiary/aromatic N) is 3. The standard InChI is InChI=1S/C17H21FN4O2/c1-21-15(12-6-8-14(18)9-7-12)20-22(17(21)24)11-10-19-16(23)13-4-2-3-5-13/h6-9,13H,2-5,10-11H2,1H3,(H,19,23). The first kappa shape index (κ1) is 16.4. The van der Waals surface area contributed by atoms with E-state index in [1.165, 1.54) is 21.4 Å². The van der Waals surface area contributed by atoms with Crippen molar-refractivity contribution in [3.8, 4) is 11.4 Å². The van der Waals surface area contributed by atoms with Crippen molar-refractivity contribution in [2.24, 2.45) is 13.0 Å². The van der Waals surface area contributed by atoms with E-state index in [4.69, 9.17) is 0 Å². The second-order valence-corrected chi connectivity index (χ2v) is 6.17. The molecular weight excluding hydrogens is 311 g/mol. The van der Waals surface area contributed by atoms with Gasteiger partial charge in [0.25, 0.3) is 0 Å². The molecule has 1 saturated carbocycles. The normalized spacial score (nSPS) is 14.9. The second-order valence-electron chi connectivity index (χ2n) is 6.17. The molecule has 0 spiro atoms. The maximum Gasteiger partial charge on any atom is 0.345 e. The lowest BCUT2D eigenvalue weighted by atomic mass is 10.1. The van der Waals surface area contributed by atoms with Crippen LogP contribution >= 0.6 is 0 Å². The molecule has 3 rings (SSSR count). The molecule has 1 N–H and O–H groups in total. The van der Waals surface area contributed by atoms with Gasteiger partial charge in [0, 0.05) is 25.1 Å². The predicted octanol–water partition coefficient (Wildman–Crippen LogP) is 1.69. The number of amides is 1. The van der Waals surface area contributed by atoms with E-state index in [1.54, 1.807) is 19.2 Å². The average Bonchev–Trinajstić information content (AvgIpc) is 3.20. The second kappa shape index (κ2) is 6.98. The lowest BCUT2D eigenvalue weighted by Gasteiger charge is -2.09. The number of benzene rings is 1. The number of rotatable bonds is 5. The van der Waals surface area contributed by atoms with Gasteiger partial charge < -0.3 is 5.32 Å². The molecule has 6 nitrogen and oxygen atoms in total. The smallest absolute Gasteiger partial charge is 0.345 e. The molecule has 1 aliphatic carbocycles. The Labute approximate surface area is 139 Å². The van der Waals surface area contributed by atoms with Gasteiger partial charge in [-0.2, -0.15) is 0 Å². The van der Waals surface area contributed by atoms with Crippen molar-refractivity contribution in [3.05, 3.63) is 40.6 Å². The fourth-order valence-corrected chi connectivity index (χ4v) is 3.10. The van der Waals surface area contributed by atoms with Crippen molar-refractivity contribution in [3.63, 3.8) is 0 Å². The highest BCUT2D eigenvalue weighted by Crippen LogP contribution is 2.24. The zero-order valence-corrected chi connectivity index (χ0v) is 13.7. The predicted molar refractivity (Wildman–Crippen MR) is 87.8 cm³/mol. The lowest BCUT2D eigenvalue weighted by Crippen LogP contribution is -2.34. The van der Waals surface area contributed by atoms with Crippen LogP contribution in [0, 0.1) is 11.7 Å². The quantitative estimate of drug-likeness (QED) is 0.906. The molecule has 1 amide bonds. The highest BCUT2D eigenvalue weighted by Gasteiger charge is 2.22. The fourth-order valence-electron chi connectivity index (χ4n) is 3.10. The Bertz CT molecular complexity index is 773. The van der Waals surface area contributed by atoms with Crippen molar-refractivity contribution in [1.29, 1.82) is 0 Å². The molecule has 24 heavy (non-hydrogen) atoms. The number of hydrogen-bond donors (Lipinski definition) is 1. The first-order chi connectivity index (χ1) is 11.6. The minimum Gasteiger partial charge on any atom is -0.354 e. The number of nitrogens with one attached hydrogen (secondary N) is 1. The van der Waals surface area contributed by atoms with Gasteiger partial charge in [-0.3, -0.25) is 9.36 Å². The summed E-state index contributed by atoms with van der Waals surface area (Å²) < 4.78 is 15.8. The lowest BCUT2D eigenvalue weighted by molar-refractivity contribution is -0.124. The monoisotopic (exact) mass is 332 g/mol. The molecule has 128 valence electrons. The molecule has 0 radical (unpaired) electrons. The largest absolute Gasteiger partial charge is 0.354 e. The van der Waals surface area contributed by atoms with Crippen molar-refractivity contribution < 1.29 is 9.18 Å². The molecule has 1 aromatic carbocycles. The Morgan fingerprint density at radius 3 is 2.62 bits per heavy atom. The summed E-state index contributed by atoms with van der Waals surface area (Å²) in [5.74, 6) is 0.315. The van der Waals surface area contributed by atoms with Crippen molar-refractivity contribution in [2.75, 3.05) is 6.54 Å². The van der Waals surface area contributed by atoms with Crippen LogP contribution in [0.2, 0.25) is 0 Å². The zero-order valence-electron chi connectivity index (χ0n) is 13.7. The Morgan fingerprint density at radius 1 is 1.29 bits per heavy atom. The van der Waals surface area contributed by atoms with E-state index in [2.05, 4.69) is 10.4 Å². The Kier molecular flexibility index (Phi) is 4.78. The molecule has 1 aromatic heterocycles. The van der Waals surface area contributed by atoms with E-state index in [0.29, 0.717) is 24.5 Å². The molecular formula is C17H21FN4O2. The SMILES string of the molecule is Cn1c(-c2ccc(F)cc2)nn(CCNC(=O)C2CCCC2)c1=O. The van der Waals surface area contributed by atoms with Crippen LogP contribution in [-0.4, -0.2) is 26.8 Å². The third kappa shape index (κ3) is 3.39. The molecule has 0 unspecified atom stereocenters. The van der Waals surface area contributed by atoms with Crippen LogP contribution in [0.4, 0.5) is 4.39 Å². The van der Waals surface area contributed by atoms with Crippen molar-refractivity contribution in [2.45, 2.75) is 32.2 Å². The van der Waals surface area contributed by atoms with Crippen LogP contribution in [0.15, 0.2) is 29.1 Å². The van der Waals surface area contributed by atoms with Gasteiger partial charge >= 0.3 is 5.69 Å². The molecule has 7 heteroatoms.